The molecule has 5 rings (SSSR count). The van der Waals surface area contributed by atoms with Gasteiger partial charge in [-0.3, -0.25) is 29.5 Å². The highest BCUT2D eigenvalue weighted by Crippen LogP contribution is 2.45. The Hall–Kier alpha value is -4.10. The normalized spacial score (nSPS) is 23.6. The van der Waals surface area contributed by atoms with E-state index in [0.29, 0.717) is 26.3 Å². The molecule has 0 radical (unpaired) electrons. The van der Waals surface area contributed by atoms with E-state index in [4.69, 9.17) is 9.47 Å². The largest absolute Gasteiger partial charge is 0.504 e. The van der Waals surface area contributed by atoms with Gasteiger partial charge in [-0.1, -0.05) is 6.07 Å². The van der Waals surface area contributed by atoms with Crippen molar-refractivity contribution in [1.29, 1.82) is 0 Å². The molecular weight excluding hydrogens is 569 g/mol. The number of carbonyl (C=O) groups excluding carboxylic acids is 3. The number of carbonyl (C=O) groups is 3. The van der Waals surface area contributed by atoms with Crippen LogP contribution in [0.3, 0.4) is 0 Å². The summed E-state index contributed by atoms with van der Waals surface area (Å²) < 4.78 is 26.0. The number of aromatic hydroxyl groups is 3. The lowest BCUT2D eigenvalue weighted by Gasteiger charge is -2.50. The molecule has 2 saturated heterocycles. The van der Waals surface area contributed by atoms with Crippen molar-refractivity contribution in [3.05, 3.63) is 46.3 Å². The summed E-state index contributed by atoms with van der Waals surface area (Å²) in [6.07, 6.45) is 0. The number of rotatable bonds is 6. The maximum absolute atomic E-state index is 15.2. The van der Waals surface area contributed by atoms with E-state index in [2.05, 4.69) is 0 Å². The molecule has 42 heavy (non-hydrogen) atoms. The first-order valence-corrected chi connectivity index (χ1v) is 12.4. The number of benzene rings is 2. The molecule has 0 spiro atoms. The van der Waals surface area contributed by atoms with Gasteiger partial charge in [-0.25, -0.2) is 4.39 Å². The predicted octanol–water partition coefficient (Wildman–Crippen LogP) is -2.98. The summed E-state index contributed by atoms with van der Waals surface area (Å²) in [5.74, 6) is -17.6. The molecule has 3 aliphatic heterocycles. The van der Waals surface area contributed by atoms with Crippen molar-refractivity contribution in [2.75, 3.05) is 26.3 Å². The standard InChI is InChI=1S/C25H26FN3O13/c26-16-14(19(32)18(31)13(17(16)30)8-28-4-6-41-7-5-28)10-42-15-3-1-2-11-12(15)9-29(20(11)33)23(36)21(34)27-22(35)24(37,38)25(23,39)40/h1-3,30-32,36-40H,4-10H2,(H,27,34,35). The van der Waals surface area contributed by atoms with Gasteiger partial charge in [0.2, 0.25) is 0 Å². The number of fused-ring (bicyclic) bond motifs is 1. The Kier molecular flexibility index (Phi) is 7.01. The van der Waals surface area contributed by atoms with E-state index >= 15 is 4.39 Å². The van der Waals surface area contributed by atoms with Crippen LogP contribution >= 0.6 is 0 Å². The molecule has 226 valence electrons. The van der Waals surface area contributed by atoms with Gasteiger partial charge in [0.25, 0.3) is 29.2 Å². The summed E-state index contributed by atoms with van der Waals surface area (Å²) in [7, 11) is 0. The van der Waals surface area contributed by atoms with Crippen LogP contribution in [0.2, 0.25) is 0 Å². The van der Waals surface area contributed by atoms with Gasteiger partial charge >= 0.3 is 5.79 Å². The third kappa shape index (κ3) is 4.13. The third-order valence-electron chi connectivity index (χ3n) is 7.56. The molecule has 0 bridgehead atoms. The number of hydrogen-bond donors (Lipinski definition) is 9. The average molecular weight is 595 g/mol. The van der Waals surface area contributed by atoms with Crippen molar-refractivity contribution >= 4 is 17.7 Å². The van der Waals surface area contributed by atoms with Gasteiger partial charge in [0.05, 0.1) is 30.9 Å². The lowest BCUT2D eigenvalue weighted by Crippen LogP contribution is -2.85. The van der Waals surface area contributed by atoms with Crippen LogP contribution in [-0.4, -0.2) is 112 Å². The molecule has 0 aliphatic carbocycles. The van der Waals surface area contributed by atoms with Gasteiger partial charge in [-0.05, 0) is 12.1 Å². The first-order valence-electron chi connectivity index (χ1n) is 12.4. The smallest absolute Gasteiger partial charge is 0.306 e. The molecular formula is C25H26FN3O13. The molecule has 2 aromatic rings. The Balaban J connectivity index is 1.42. The summed E-state index contributed by atoms with van der Waals surface area (Å²) in [6, 6.07) is 3.73. The molecule has 1 atom stereocenters. The maximum atomic E-state index is 15.2. The van der Waals surface area contributed by atoms with Gasteiger partial charge in [0.1, 0.15) is 12.4 Å². The zero-order valence-electron chi connectivity index (χ0n) is 21.6. The maximum Gasteiger partial charge on any atom is 0.306 e. The highest BCUT2D eigenvalue weighted by Gasteiger charge is 2.76. The van der Waals surface area contributed by atoms with E-state index in [1.165, 1.54) is 23.5 Å². The van der Waals surface area contributed by atoms with Crippen LogP contribution in [0.25, 0.3) is 0 Å². The first kappa shape index (κ1) is 29.4. The number of morpholine rings is 1. The highest BCUT2D eigenvalue weighted by molar-refractivity contribution is 6.10. The number of phenols is 3. The van der Waals surface area contributed by atoms with E-state index in [0.717, 1.165) is 0 Å². The number of imide groups is 1. The van der Waals surface area contributed by atoms with Crippen molar-refractivity contribution in [3.8, 4) is 23.0 Å². The van der Waals surface area contributed by atoms with E-state index in [1.807, 2.05) is 0 Å². The van der Waals surface area contributed by atoms with Gasteiger partial charge in [-0.15, -0.1) is 0 Å². The number of nitrogens with one attached hydrogen (secondary N) is 1. The number of nitrogens with zero attached hydrogens (tertiary/aromatic N) is 2. The second kappa shape index (κ2) is 10.0. The Bertz CT molecular complexity index is 1460. The first-order chi connectivity index (χ1) is 19.6. The lowest BCUT2D eigenvalue weighted by atomic mass is 9.86. The number of piperidine rings is 1. The Morgan fingerprint density at radius 1 is 0.929 bits per heavy atom. The molecule has 16 nitrogen and oxygen atoms in total. The SMILES string of the molecule is O=C1c2cccc(OCc3c(O)c(O)c(CN4CCOCC4)c(O)c3F)c2CN1C1(O)C(=O)NC(=O)C(O)(O)C1(O)O. The van der Waals surface area contributed by atoms with Crippen molar-refractivity contribution < 1.29 is 69.1 Å². The summed E-state index contributed by atoms with van der Waals surface area (Å²) in [4.78, 5) is 39.3. The average Bonchev–Trinajstić information content (AvgIpc) is 3.30. The Morgan fingerprint density at radius 3 is 2.24 bits per heavy atom. The Labute approximate surface area is 235 Å². The van der Waals surface area contributed by atoms with Gasteiger partial charge in [-0.2, -0.15) is 0 Å². The van der Waals surface area contributed by atoms with Crippen molar-refractivity contribution in [3.63, 3.8) is 0 Å². The van der Waals surface area contributed by atoms with Gasteiger partial charge in [0.15, 0.2) is 23.1 Å². The molecule has 2 fully saturated rings. The predicted molar refractivity (Wildman–Crippen MR) is 131 cm³/mol. The van der Waals surface area contributed by atoms with Crippen LogP contribution in [0, 0.1) is 5.82 Å². The van der Waals surface area contributed by atoms with Crippen LogP contribution in [0.15, 0.2) is 18.2 Å². The zero-order chi connectivity index (χ0) is 30.8. The number of amides is 3. The van der Waals surface area contributed by atoms with E-state index < -0.39 is 76.8 Å². The topological polar surface area (TPSA) is 250 Å². The minimum atomic E-state index is -4.30. The van der Waals surface area contributed by atoms with Crippen LogP contribution in [-0.2, 0) is 34.0 Å². The molecule has 17 heteroatoms. The fourth-order valence-corrected chi connectivity index (χ4v) is 5.04. The second-order valence-corrected chi connectivity index (χ2v) is 9.97. The molecule has 1 unspecified atom stereocenters. The minimum absolute atomic E-state index is 0.0843. The molecule has 3 aliphatic rings. The highest BCUT2D eigenvalue weighted by atomic mass is 19.1. The molecule has 0 aromatic heterocycles. The van der Waals surface area contributed by atoms with Crippen molar-refractivity contribution in [2.24, 2.45) is 0 Å². The molecule has 0 saturated carbocycles. The third-order valence-corrected chi connectivity index (χ3v) is 7.56. The molecule has 3 heterocycles. The number of halogens is 1. The van der Waals surface area contributed by atoms with Gasteiger partial charge in [0, 0.05) is 30.8 Å². The molecule has 9 N–H and O–H groups in total. The van der Waals surface area contributed by atoms with E-state index in [9.17, 15) is 55.2 Å². The van der Waals surface area contributed by atoms with Crippen LogP contribution < -0.4 is 10.1 Å². The molecule has 2 aromatic carbocycles. The Morgan fingerprint density at radius 2 is 1.57 bits per heavy atom. The van der Waals surface area contributed by atoms with Crippen LogP contribution in [0.4, 0.5) is 4.39 Å². The van der Waals surface area contributed by atoms with E-state index in [-0.39, 0.29) is 33.9 Å². The van der Waals surface area contributed by atoms with Crippen LogP contribution in [0.5, 0.6) is 23.0 Å². The van der Waals surface area contributed by atoms with Crippen molar-refractivity contribution in [1.82, 2.24) is 15.1 Å². The number of phenolic OH excluding ortho intramolecular Hbond substituents is 3. The second-order valence-electron chi connectivity index (χ2n) is 9.97. The lowest BCUT2D eigenvalue weighted by molar-refractivity contribution is -0.407. The number of aliphatic hydroxyl groups is 5. The summed E-state index contributed by atoms with van der Waals surface area (Å²) in [6.45, 7) is -0.0345. The number of ether oxygens (including phenoxy) is 2. The summed E-state index contributed by atoms with van der Waals surface area (Å²) >= 11 is 0. The van der Waals surface area contributed by atoms with E-state index in [1.54, 1.807) is 4.90 Å². The quantitative estimate of drug-likeness (QED) is 0.0700. The van der Waals surface area contributed by atoms with Crippen molar-refractivity contribution in [2.45, 2.75) is 37.0 Å². The summed E-state index contributed by atoms with van der Waals surface area (Å²) in [5, 5.41) is 84.4. The fourth-order valence-electron chi connectivity index (χ4n) is 5.04. The minimum Gasteiger partial charge on any atom is -0.504 e. The zero-order valence-corrected chi connectivity index (χ0v) is 21.6. The summed E-state index contributed by atoms with van der Waals surface area (Å²) in [5.41, 5.74) is -5.06. The fraction of sp³-hybridized carbons (Fsp3) is 0.400. The van der Waals surface area contributed by atoms with Crippen LogP contribution in [0.1, 0.15) is 27.0 Å². The number of hydrogen-bond acceptors (Lipinski definition) is 14. The van der Waals surface area contributed by atoms with Gasteiger partial charge < -0.3 is 50.3 Å². The monoisotopic (exact) mass is 595 g/mol. The molecule has 3 amide bonds.